The van der Waals surface area contributed by atoms with Crippen LogP contribution in [0.25, 0.3) is 0 Å². The predicted molar refractivity (Wildman–Crippen MR) is 98.9 cm³/mol. The number of ether oxygens (including phenoxy) is 2. The Morgan fingerprint density at radius 1 is 0.846 bits per heavy atom. The van der Waals surface area contributed by atoms with Crippen molar-refractivity contribution in [2.24, 2.45) is 0 Å². The summed E-state index contributed by atoms with van der Waals surface area (Å²) in [4.78, 5) is 24.4. The number of carbonyl (C=O) groups excluding carboxylic acids is 2. The summed E-state index contributed by atoms with van der Waals surface area (Å²) < 4.78 is 11.1. The molecule has 0 atom stereocenters. The molecule has 136 valence electrons. The summed E-state index contributed by atoms with van der Waals surface area (Å²) in [6, 6.07) is 14.2. The van der Waals surface area contributed by atoms with Crippen LogP contribution >= 0.6 is 0 Å². The van der Waals surface area contributed by atoms with Crippen molar-refractivity contribution in [2.75, 3.05) is 5.73 Å². The molecule has 2 aromatic rings. The van der Waals surface area contributed by atoms with E-state index in [9.17, 15) is 9.59 Å². The van der Waals surface area contributed by atoms with Gasteiger partial charge in [0.25, 0.3) is 0 Å². The van der Waals surface area contributed by atoms with Crippen molar-refractivity contribution in [3.05, 3.63) is 65.2 Å². The van der Waals surface area contributed by atoms with Gasteiger partial charge in [-0.15, -0.1) is 0 Å². The Bertz CT molecular complexity index is 760. The molecule has 2 N–H and O–H groups in total. The topological polar surface area (TPSA) is 78.6 Å². The first-order valence-corrected chi connectivity index (χ1v) is 8.85. The molecule has 0 bridgehead atoms. The van der Waals surface area contributed by atoms with E-state index in [0.29, 0.717) is 42.5 Å². The van der Waals surface area contributed by atoms with Gasteiger partial charge in [0.1, 0.15) is 12.2 Å². The Morgan fingerprint density at radius 3 is 1.92 bits per heavy atom. The summed E-state index contributed by atoms with van der Waals surface area (Å²) >= 11 is 0. The second kappa shape index (κ2) is 8.04. The molecule has 0 aromatic heterocycles. The van der Waals surface area contributed by atoms with Crippen LogP contribution in [-0.4, -0.2) is 24.1 Å². The number of hydrogen-bond donors (Lipinski definition) is 1. The molecule has 2 aromatic carbocycles. The number of carbonyl (C=O) groups is 2. The van der Waals surface area contributed by atoms with E-state index in [1.807, 2.05) is 31.2 Å². The molecule has 26 heavy (non-hydrogen) atoms. The van der Waals surface area contributed by atoms with E-state index in [1.54, 1.807) is 24.3 Å². The van der Waals surface area contributed by atoms with E-state index in [1.165, 1.54) is 0 Å². The average Bonchev–Trinajstić information content (AvgIpc) is 2.63. The smallest absolute Gasteiger partial charge is 0.338 e. The molecule has 0 amide bonds. The number of hydrogen-bond acceptors (Lipinski definition) is 5. The Morgan fingerprint density at radius 2 is 1.38 bits per heavy atom. The fraction of sp³-hybridized carbons (Fsp3) is 0.333. The predicted octanol–water partition coefficient (Wildman–Crippen LogP) is 3.90. The van der Waals surface area contributed by atoms with Gasteiger partial charge in [-0.3, -0.25) is 0 Å². The standard InChI is InChI=1S/C21H23NO4/c1-14-11-16(13-17(22)12-14)21(24)26-19-9-7-18(8-10-19)25-20(23)15-5-3-2-4-6-15/h2-6,11-13,18-19H,7-10,22H2,1H3. The summed E-state index contributed by atoms with van der Waals surface area (Å²) in [7, 11) is 0. The molecule has 0 spiro atoms. The first kappa shape index (κ1) is 18.0. The van der Waals surface area contributed by atoms with Crippen molar-refractivity contribution in [2.45, 2.75) is 44.8 Å². The van der Waals surface area contributed by atoms with Crippen LogP contribution in [0.4, 0.5) is 5.69 Å². The monoisotopic (exact) mass is 353 g/mol. The SMILES string of the molecule is Cc1cc(N)cc(C(=O)OC2CCC(OC(=O)c3ccccc3)CC2)c1. The van der Waals surface area contributed by atoms with E-state index >= 15 is 0 Å². The summed E-state index contributed by atoms with van der Waals surface area (Å²) in [5.74, 6) is -0.661. The minimum atomic E-state index is -0.356. The number of esters is 2. The minimum Gasteiger partial charge on any atom is -0.459 e. The molecule has 1 aliphatic rings. The van der Waals surface area contributed by atoms with Crippen LogP contribution in [0.2, 0.25) is 0 Å². The first-order chi connectivity index (χ1) is 12.5. The highest BCUT2D eigenvalue weighted by atomic mass is 16.6. The molecule has 0 unspecified atom stereocenters. The number of nitrogen functional groups attached to an aromatic ring is 1. The van der Waals surface area contributed by atoms with Gasteiger partial charge in [0.2, 0.25) is 0 Å². The van der Waals surface area contributed by atoms with Crippen LogP contribution in [0.1, 0.15) is 52.0 Å². The van der Waals surface area contributed by atoms with Crippen LogP contribution in [0, 0.1) is 6.92 Å². The number of aryl methyl sites for hydroxylation is 1. The molecule has 1 aliphatic carbocycles. The van der Waals surface area contributed by atoms with E-state index in [4.69, 9.17) is 15.2 Å². The Balaban J connectivity index is 1.49. The van der Waals surface area contributed by atoms with Gasteiger partial charge in [-0.05, 0) is 68.5 Å². The lowest BCUT2D eigenvalue weighted by Gasteiger charge is -2.28. The molecule has 0 saturated heterocycles. The number of anilines is 1. The van der Waals surface area contributed by atoms with Crippen molar-refractivity contribution < 1.29 is 19.1 Å². The zero-order valence-electron chi connectivity index (χ0n) is 14.8. The van der Waals surface area contributed by atoms with Crippen LogP contribution in [0.3, 0.4) is 0 Å². The summed E-state index contributed by atoms with van der Waals surface area (Å²) in [5, 5.41) is 0. The van der Waals surface area contributed by atoms with E-state index in [-0.39, 0.29) is 24.1 Å². The lowest BCUT2D eigenvalue weighted by Crippen LogP contribution is -2.29. The van der Waals surface area contributed by atoms with Gasteiger partial charge in [-0.1, -0.05) is 18.2 Å². The highest BCUT2D eigenvalue weighted by molar-refractivity contribution is 5.91. The maximum Gasteiger partial charge on any atom is 0.338 e. The molecular weight excluding hydrogens is 330 g/mol. The third kappa shape index (κ3) is 4.63. The van der Waals surface area contributed by atoms with E-state index in [0.717, 1.165) is 5.56 Å². The maximum atomic E-state index is 12.3. The van der Waals surface area contributed by atoms with Gasteiger partial charge in [-0.2, -0.15) is 0 Å². The van der Waals surface area contributed by atoms with Crippen molar-refractivity contribution in [1.82, 2.24) is 0 Å². The number of rotatable bonds is 4. The lowest BCUT2D eigenvalue weighted by molar-refractivity contribution is -0.0108. The number of benzene rings is 2. The normalized spacial score (nSPS) is 19.6. The van der Waals surface area contributed by atoms with Gasteiger partial charge in [0.05, 0.1) is 11.1 Å². The lowest BCUT2D eigenvalue weighted by atomic mass is 9.94. The molecule has 1 saturated carbocycles. The molecule has 1 fully saturated rings. The summed E-state index contributed by atoms with van der Waals surface area (Å²) in [5.41, 5.74) is 8.29. The first-order valence-electron chi connectivity index (χ1n) is 8.85. The molecule has 0 radical (unpaired) electrons. The fourth-order valence-corrected chi connectivity index (χ4v) is 3.21. The second-order valence-corrected chi connectivity index (χ2v) is 6.71. The van der Waals surface area contributed by atoms with Gasteiger partial charge < -0.3 is 15.2 Å². The second-order valence-electron chi connectivity index (χ2n) is 6.71. The molecule has 5 nitrogen and oxygen atoms in total. The van der Waals surface area contributed by atoms with Crippen LogP contribution in [0.5, 0.6) is 0 Å². The van der Waals surface area contributed by atoms with Gasteiger partial charge in [-0.25, -0.2) is 9.59 Å². The van der Waals surface area contributed by atoms with Crippen molar-refractivity contribution in [3.63, 3.8) is 0 Å². The average molecular weight is 353 g/mol. The van der Waals surface area contributed by atoms with Gasteiger partial charge >= 0.3 is 11.9 Å². The van der Waals surface area contributed by atoms with Crippen molar-refractivity contribution in [1.29, 1.82) is 0 Å². The molecule has 0 aliphatic heterocycles. The van der Waals surface area contributed by atoms with Gasteiger partial charge in [0, 0.05) is 5.69 Å². The zero-order valence-corrected chi connectivity index (χ0v) is 14.8. The van der Waals surface area contributed by atoms with Gasteiger partial charge in [0.15, 0.2) is 0 Å². The highest BCUT2D eigenvalue weighted by Gasteiger charge is 2.27. The van der Waals surface area contributed by atoms with Crippen LogP contribution in [0.15, 0.2) is 48.5 Å². The molecule has 3 rings (SSSR count). The third-order valence-electron chi connectivity index (χ3n) is 4.51. The quantitative estimate of drug-likeness (QED) is 0.666. The molecular formula is C21H23NO4. The van der Waals surface area contributed by atoms with Crippen LogP contribution in [-0.2, 0) is 9.47 Å². The Labute approximate surface area is 153 Å². The maximum absolute atomic E-state index is 12.3. The molecule has 0 heterocycles. The van der Waals surface area contributed by atoms with E-state index < -0.39 is 0 Å². The number of nitrogens with two attached hydrogens (primary N) is 1. The fourth-order valence-electron chi connectivity index (χ4n) is 3.21. The zero-order chi connectivity index (χ0) is 18.5. The minimum absolute atomic E-state index is 0.132. The Kier molecular flexibility index (Phi) is 5.56. The van der Waals surface area contributed by atoms with E-state index in [2.05, 4.69) is 0 Å². The molecule has 5 heteroatoms. The summed E-state index contributed by atoms with van der Waals surface area (Å²) in [6.07, 6.45) is 2.45. The largest absolute Gasteiger partial charge is 0.459 e. The summed E-state index contributed by atoms with van der Waals surface area (Å²) in [6.45, 7) is 1.89. The van der Waals surface area contributed by atoms with Crippen molar-refractivity contribution in [3.8, 4) is 0 Å². The third-order valence-corrected chi connectivity index (χ3v) is 4.51. The highest BCUT2D eigenvalue weighted by Crippen LogP contribution is 2.25. The van der Waals surface area contributed by atoms with Crippen molar-refractivity contribution >= 4 is 17.6 Å². The Hall–Kier alpha value is -2.82. The van der Waals surface area contributed by atoms with Crippen LogP contribution < -0.4 is 5.73 Å².